The Balaban J connectivity index is 1.92. The van der Waals surface area contributed by atoms with Crippen molar-refractivity contribution in [2.75, 3.05) is 5.75 Å². The minimum atomic E-state index is -3.70. The summed E-state index contributed by atoms with van der Waals surface area (Å²) in [6, 6.07) is 6.54. The molecule has 1 saturated carbocycles. The van der Waals surface area contributed by atoms with E-state index in [4.69, 9.17) is 22.1 Å². The average molecular weight is 468 g/mol. The molecular formula is C21H22ClNO7S. The number of primary amides is 1. The van der Waals surface area contributed by atoms with Crippen molar-refractivity contribution >= 4 is 33.3 Å². The van der Waals surface area contributed by atoms with Crippen LogP contribution in [0.3, 0.4) is 0 Å². The molecule has 1 aliphatic carbocycles. The first-order valence-corrected chi connectivity index (χ1v) is 11.6. The molecule has 1 aliphatic rings. The van der Waals surface area contributed by atoms with Crippen molar-refractivity contribution in [2.24, 2.45) is 11.7 Å². The van der Waals surface area contributed by atoms with E-state index < -0.39 is 27.6 Å². The van der Waals surface area contributed by atoms with Gasteiger partial charge in [-0.2, -0.15) is 0 Å². The van der Waals surface area contributed by atoms with Crippen molar-refractivity contribution in [1.82, 2.24) is 0 Å². The number of hydrogen-bond acceptors (Lipinski definition) is 6. The molecule has 10 heteroatoms. The van der Waals surface area contributed by atoms with E-state index in [0.29, 0.717) is 5.56 Å². The van der Waals surface area contributed by atoms with Crippen molar-refractivity contribution in [3.8, 4) is 17.2 Å². The number of phenols is 1. The van der Waals surface area contributed by atoms with Gasteiger partial charge in [0, 0.05) is 6.07 Å². The fourth-order valence-electron chi connectivity index (χ4n) is 3.47. The molecule has 0 aliphatic heterocycles. The highest BCUT2D eigenvalue weighted by molar-refractivity contribution is 7.91. The highest BCUT2D eigenvalue weighted by atomic mass is 35.5. The highest BCUT2D eigenvalue weighted by Crippen LogP contribution is 2.38. The number of benzene rings is 2. The van der Waals surface area contributed by atoms with E-state index in [0.717, 1.165) is 19.3 Å². The van der Waals surface area contributed by atoms with Gasteiger partial charge < -0.3 is 20.7 Å². The third-order valence-corrected chi connectivity index (χ3v) is 7.47. The van der Waals surface area contributed by atoms with Crippen LogP contribution in [0.4, 0.5) is 0 Å². The molecule has 0 aromatic heterocycles. The predicted molar refractivity (Wildman–Crippen MR) is 113 cm³/mol. The number of aliphatic carboxylic acids is 1. The summed E-state index contributed by atoms with van der Waals surface area (Å²) in [5.74, 6) is -4.03. The normalized spacial score (nSPS) is 15.2. The van der Waals surface area contributed by atoms with Crippen LogP contribution in [0, 0.1) is 12.8 Å². The van der Waals surface area contributed by atoms with Crippen LogP contribution in [-0.4, -0.2) is 36.3 Å². The number of halogens is 1. The SMILES string of the molecule is Cc1cc(C(C(N)=O)C(=O)O)cc(Cl)c1Oc1ccc(O)c(S(=O)(=O)CC2CCC2)c1. The standard InChI is InChI=1S/C21H22ClNO7S/c1-11-7-13(18(20(23)25)21(26)27)8-15(22)19(11)30-14-5-6-16(24)17(9-14)31(28,29)10-12-3-2-4-12/h5-9,12,18,24H,2-4,10H2,1H3,(H2,23,25)(H,26,27). The van der Waals surface area contributed by atoms with Gasteiger partial charge in [0.1, 0.15) is 22.1 Å². The fraction of sp³-hybridized carbons (Fsp3) is 0.333. The maximum Gasteiger partial charge on any atom is 0.320 e. The number of hydrogen-bond donors (Lipinski definition) is 3. The number of phenolic OH excluding ortho intramolecular Hbond substituents is 1. The molecule has 0 saturated heterocycles. The Hall–Kier alpha value is -2.78. The number of carboxylic acid groups (broad SMARTS) is 1. The number of amides is 1. The minimum absolute atomic E-state index is 0.0226. The first kappa shape index (κ1) is 22.9. The number of sulfone groups is 1. The molecule has 1 atom stereocenters. The highest BCUT2D eigenvalue weighted by Gasteiger charge is 2.29. The Kier molecular flexibility index (Phi) is 6.47. The largest absolute Gasteiger partial charge is 0.507 e. The number of carbonyl (C=O) groups excluding carboxylic acids is 1. The lowest BCUT2D eigenvalue weighted by atomic mass is 9.87. The fourth-order valence-corrected chi connectivity index (χ4v) is 5.60. The molecule has 8 nitrogen and oxygen atoms in total. The number of carbonyl (C=O) groups is 2. The zero-order valence-electron chi connectivity index (χ0n) is 16.7. The molecular weight excluding hydrogens is 446 g/mol. The lowest BCUT2D eigenvalue weighted by molar-refractivity contribution is -0.142. The summed E-state index contributed by atoms with van der Waals surface area (Å²) >= 11 is 6.26. The maximum absolute atomic E-state index is 12.7. The van der Waals surface area contributed by atoms with E-state index in [1.165, 1.54) is 30.3 Å². The third kappa shape index (κ3) is 4.94. The summed E-state index contributed by atoms with van der Waals surface area (Å²) in [4.78, 5) is 22.6. The summed E-state index contributed by atoms with van der Waals surface area (Å²) in [5, 5.41) is 19.4. The molecule has 2 aromatic rings. The van der Waals surface area contributed by atoms with E-state index in [1.54, 1.807) is 6.92 Å². The van der Waals surface area contributed by atoms with Gasteiger partial charge in [-0.25, -0.2) is 8.42 Å². The van der Waals surface area contributed by atoms with Crippen molar-refractivity contribution in [1.29, 1.82) is 0 Å². The van der Waals surface area contributed by atoms with Crippen LogP contribution in [0.2, 0.25) is 5.02 Å². The van der Waals surface area contributed by atoms with Gasteiger partial charge in [0.05, 0.1) is 10.8 Å². The molecule has 1 amide bonds. The maximum atomic E-state index is 12.7. The summed E-state index contributed by atoms with van der Waals surface area (Å²) in [6.07, 6.45) is 2.70. The van der Waals surface area contributed by atoms with Crippen LogP contribution in [0.15, 0.2) is 35.2 Å². The van der Waals surface area contributed by atoms with Gasteiger partial charge in [-0.05, 0) is 55.0 Å². The van der Waals surface area contributed by atoms with Crippen LogP contribution in [0.5, 0.6) is 17.2 Å². The second kappa shape index (κ2) is 8.76. The molecule has 3 rings (SSSR count). The Morgan fingerprint density at radius 2 is 1.94 bits per heavy atom. The zero-order valence-corrected chi connectivity index (χ0v) is 18.2. The topological polar surface area (TPSA) is 144 Å². The Morgan fingerprint density at radius 1 is 1.26 bits per heavy atom. The summed E-state index contributed by atoms with van der Waals surface area (Å²) in [7, 11) is -3.70. The van der Waals surface area contributed by atoms with Crippen LogP contribution in [0.1, 0.15) is 36.3 Å². The van der Waals surface area contributed by atoms with Crippen LogP contribution < -0.4 is 10.5 Å². The van der Waals surface area contributed by atoms with Crippen LogP contribution in [0.25, 0.3) is 0 Å². The second-order valence-electron chi connectivity index (χ2n) is 7.63. The molecule has 1 unspecified atom stereocenters. The first-order chi connectivity index (χ1) is 14.5. The Morgan fingerprint density at radius 3 is 2.45 bits per heavy atom. The smallest absolute Gasteiger partial charge is 0.320 e. The van der Waals surface area contributed by atoms with Crippen molar-refractivity contribution in [2.45, 2.75) is 37.0 Å². The van der Waals surface area contributed by atoms with E-state index in [1.807, 2.05) is 0 Å². The molecule has 31 heavy (non-hydrogen) atoms. The van der Waals surface area contributed by atoms with E-state index in [-0.39, 0.29) is 44.4 Å². The zero-order chi connectivity index (χ0) is 22.9. The molecule has 0 heterocycles. The minimum Gasteiger partial charge on any atom is -0.507 e. The van der Waals surface area contributed by atoms with E-state index >= 15 is 0 Å². The number of aryl methyl sites for hydroxylation is 1. The van der Waals surface area contributed by atoms with Crippen molar-refractivity contribution in [3.05, 3.63) is 46.5 Å². The van der Waals surface area contributed by atoms with Gasteiger partial charge in [0.15, 0.2) is 15.8 Å². The monoisotopic (exact) mass is 467 g/mol. The molecule has 0 spiro atoms. The third-order valence-electron chi connectivity index (χ3n) is 5.28. The number of nitrogens with two attached hydrogens (primary N) is 1. The van der Waals surface area contributed by atoms with Crippen LogP contribution in [-0.2, 0) is 19.4 Å². The van der Waals surface area contributed by atoms with Crippen molar-refractivity contribution in [3.63, 3.8) is 0 Å². The molecule has 0 bridgehead atoms. The van der Waals surface area contributed by atoms with Gasteiger partial charge in [-0.15, -0.1) is 0 Å². The summed E-state index contributed by atoms with van der Waals surface area (Å²) < 4.78 is 31.2. The molecule has 2 aromatic carbocycles. The molecule has 1 fully saturated rings. The summed E-state index contributed by atoms with van der Waals surface area (Å²) in [5.41, 5.74) is 5.70. The van der Waals surface area contributed by atoms with E-state index in [2.05, 4.69) is 0 Å². The quantitative estimate of drug-likeness (QED) is 0.504. The number of rotatable bonds is 8. The van der Waals surface area contributed by atoms with E-state index in [9.17, 15) is 28.2 Å². The average Bonchev–Trinajstić information content (AvgIpc) is 2.62. The Bertz CT molecular complexity index is 1110. The molecule has 0 radical (unpaired) electrons. The summed E-state index contributed by atoms with van der Waals surface area (Å²) in [6.45, 7) is 1.60. The van der Waals surface area contributed by atoms with Gasteiger partial charge in [0.25, 0.3) is 0 Å². The molecule has 166 valence electrons. The van der Waals surface area contributed by atoms with Gasteiger partial charge in [0.2, 0.25) is 5.91 Å². The van der Waals surface area contributed by atoms with Gasteiger partial charge >= 0.3 is 5.97 Å². The van der Waals surface area contributed by atoms with Gasteiger partial charge in [-0.3, -0.25) is 9.59 Å². The lowest BCUT2D eigenvalue weighted by Crippen LogP contribution is -2.28. The number of aromatic hydroxyl groups is 1. The second-order valence-corrected chi connectivity index (χ2v) is 10.0. The van der Waals surface area contributed by atoms with Crippen molar-refractivity contribution < 1.29 is 33.0 Å². The lowest BCUT2D eigenvalue weighted by Gasteiger charge is -2.25. The Labute approximate surface area is 184 Å². The molecule has 4 N–H and O–H groups in total. The first-order valence-electron chi connectivity index (χ1n) is 9.55. The number of carboxylic acids is 1. The number of ether oxygens (including phenoxy) is 1. The predicted octanol–water partition coefficient (Wildman–Crippen LogP) is 3.37. The van der Waals surface area contributed by atoms with Gasteiger partial charge in [-0.1, -0.05) is 24.1 Å². The van der Waals surface area contributed by atoms with Crippen LogP contribution >= 0.6 is 11.6 Å².